The van der Waals surface area contributed by atoms with Crippen LogP contribution in [-0.4, -0.2) is 70.4 Å². The van der Waals surface area contributed by atoms with E-state index in [1.54, 1.807) is 18.3 Å². The maximum Gasteiger partial charge on any atom is 0.272 e. The van der Waals surface area contributed by atoms with E-state index in [1.807, 2.05) is 4.90 Å². The smallest absolute Gasteiger partial charge is 0.272 e. The van der Waals surface area contributed by atoms with Gasteiger partial charge in [-0.3, -0.25) is 14.5 Å². The van der Waals surface area contributed by atoms with Crippen LogP contribution in [0.15, 0.2) is 30.5 Å². The second-order valence-electron chi connectivity index (χ2n) is 7.54. The summed E-state index contributed by atoms with van der Waals surface area (Å²) in [6.45, 7) is 4.80. The minimum atomic E-state index is -0.515. The third kappa shape index (κ3) is 4.32. The first-order chi connectivity index (χ1) is 14.1. The van der Waals surface area contributed by atoms with Crippen molar-refractivity contribution in [2.24, 2.45) is 0 Å². The summed E-state index contributed by atoms with van der Waals surface area (Å²) in [6.07, 6.45) is 4.89. The first kappa shape index (κ1) is 19.6. The van der Waals surface area contributed by atoms with Gasteiger partial charge >= 0.3 is 0 Å². The lowest BCUT2D eigenvalue weighted by Gasteiger charge is -2.35. The Balaban J connectivity index is 1.23. The number of aryl methyl sites for hydroxylation is 1. The number of benzene rings is 1. The molecule has 0 spiro atoms. The summed E-state index contributed by atoms with van der Waals surface area (Å²) >= 11 is 0. The van der Waals surface area contributed by atoms with Crippen molar-refractivity contribution >= 4 is 11.8 Å². The zero-order valence-corrected chi connectivity index (χ0v) is 16.4. The summed E-state index contributed by atoms with van der Waals surface area (Å²) in [5, 5.41) is 2.76. The zero-order valence-electron chi connectivity index (χ0n) is 16.4. The number of fused-ring (bicyclic) bond motifs is 1. The number of imidazole rings is 1. The number of rotatable bonds is 5. The van der Waals surface area contributed by atoms with Crippen LogP contribution in [0.5, 0.6) is 0 Å². The van der Waals surface area contributed by atoms with Crippen molar-refractivity contribution in [2.75, 3.05) is 39.3 Å². The molecule has 0 unspecified atom stereocenters. The standard InChI is InChI=1S/C21H26FN5O2/c22-17-6-2-1-5-16(17)20(28)23-8-10-25-11-13-26(14-12-25)21(29)18-15-24-19-7-3-4-9-27(18)19/h1-2,5-6,15H,3-4,7-14H2,(H,23,28). The molecule has 0 bridgehead atoms. The number of nitrogens with one attached hydrogen (secondary N) is 1. The molecule has 29 heavy (non-hydrogen) atoms. The average molecular weight is 399 g/mol. The van der Waals surface area contributed by atoms with Gasteiger partial charge in [-0.2, -0.15) is 0 Å². The van der Waals surface area contributed by atoms with Crippen LogP contribution in [-0.2, 0) is 13.0 Å². The van der Waals surface area contributed by atoms with Crippen LogP contribution in [0.4, 0.5) is 4.39 Å². The van der Waals surface area contributed by atoms with Crippen molar-refractivity contribution in [3.8, 4) is 0 Å². The number of amides is 2. The van der Waals surface area contributed by atoms with Gasteiger partial charge in [0.2, 0.25) is 0 Å². The molecule has 8 heteroatoms. The number of hydrogen-bond donors (Lipinski definition) is 1. The number of aromatic nitrogens is 2. The van der Waals surface area contributed by atoms with Crippen LogP contribution < -0.4 is 5.32 Å². The van der Waals surface area contributed by atoms with Crippen molar-refractivity contribution < 1.29 is 14.0 Å². The molecule has 0 aliphatic carbocycles. The highest BCUT2D eigenvalue weighted by atomic mass is 19.1. The van der Waals surface area contributed by atoms with E-state index in [-0.39, 0.29) is 11.5 Å². The first-order valence-electron chi connectivity index (χ1n) is 10.2. The number of nitrogens with zero attached hydrogens (tertiary/aromatic N) is 4. The SMILES string of the molecule is O=C(NCCN1CCN(C(=O)c2cnc3n2CCCC3)CC1)c1ccccc1F. The van der Waals surface area contributed by atoms with E-state index in [9.17, 15) is 14.0 Å². The Bertz CT molecular complexity index is 889. The fraction of sp³-hybridized carbons (Fsp3) is 0.476. The van der Waals surface area contributed by atoms with Gasteiger partial charge in [-0.1, -0.05) is 12.1 Å². The number of carbonyl (C=O) groups excluding carboxylic acids is 2. The number of carbonyl (C=O) groups is 2. The fourth-order valence-corrected chi connectivity index (χ4v) is 3.99. The van der Waals surface area contributed by atoms with Crippen LogP contribution in [0.25, 0.3) is 0 Å². The van der Waals surface area contributed by atoms with Crippen LogP contribution in [0.1, 0.15) is 39.5 Å². The predicted molar refractivity (Wildman–Crippen MR) is 106 cm³/mol. The van der Waals surface area contributed by atoms with E-state index in [4.69, 9.17) is 0 Å². The van der Waals surface area contributed by atoms with Gasteiger partial charge in [0, 0.05) is 52.2 Å². The molecule has 1 aromatic carbocycles. The lowest BCUT2D eigenvalue weighted by atomic mass is 10.1. The third-order valence-corrected chi connectivity index (χ3v) is 5.68. The largest absolute Gasteiger partial charge is 0.351 e. The average Bonchev–Trinajstić information content (AvgIpc) is 3.18. The number of hydrogen-bond acceptors (Lipinski definition) is 4. The monoisotopic (exact) mass is 399 g/mol. The van der Waals surface area contributed by atoms with E-state index in [0.717, 1.165) is 44.7 Å². The van der Waals surface area contributed by atoms with Crippen molar-refractivity contribution in [1.29, 1.82) is 0 Å². The summed E-state index contributed by atoms with van der Waals surface area (Å²) in [6, 6.07) is 5.96. The van der Waals surface area contributed by atoms with Crippen LogP contribution in [0.2, 0.25) is 0 Å². The molecule has 2 amide bonds. The van der Waals surface area contributed by atoms with Crippen LogP contribution in [0.3, 0.4) is 0 Å². The Morgan fingerprint density at radius 1 is 1.07 bits per heavy atom. The van der Waals surface area contributed by atoms with Gasteiger partial charge in [-0.15, -0.1) is 0 Å². The normalized spacial score (nSPS) is 17.1. The molecule has 0 atom stereocenters. The molecular weight excluding hydrogens is 373 g/mol. The van der Waals surface area contributed by atoms with E-state index >= 15 is 0 Å². The molecule has 4 rings (SSSR count). The molecule has 2 aliphatic rings. The van der Waals surface area contributed by atoms with Crippen molar-refractivity contribution in [3.63, 3.8) is 0 Å². The van der Waals surface area contributed by atoms with Gasteiger partial charge in [0.25, 0.3) is 11.8 Å². The Labute approximate surface area is 169 Å². The molecule has 154 valence electrons. The van der Waals surface area contributed by atoms with Crippen molar-refractivity contribution in [1.82, 2.24) is 24.7 Å². The minimum absolute atomic E-state index is 0.0538. The molecule has 1 N–H and O–H groups in total. The van der Waals surface area contributed by atoms with E-state index < -0.39 is 11.7 Å². The Hall–Kier alpha value is -2.74. The van der Waals surface area contributed by atoms with Gasteiger partial charge in [0.05, 0.1) is 11.8 Å². The maximum atomic E-state index is 13.6. The van der Waals surface area contributed by atoms with Gasteiger partial charge in [-0.05, 0) is 25.0 Å². The molecule has 2 aliphatic heterocycles. The number of halogens is 1. The lowest BCUT2D eigenvalue weighted by Crippen LogP contribution is -2.50. The van der Waals surface area contributed by atoms with Crippen molar-refractivity contribution in [2.45, 2.75) is 25.8 Å². The topological polar surface area (TPSA) is 70.5 Å². The molecule has 3 heterocycles. The lowest BCUT2D eigenvalue weighted by molar-refractivity contribution is 0.0626. The molecule has 7 nitrogen and oxygen atoms in total. The predicted octanol–water partition coefficient (Wildman–Crippen LogP) is 1.55. The Kier molecular flexibility index (Phi) is 5.89. The zero-order chi connectivity index (χ0) is 20.2. The molecule has 1 saturated heterocycles. The summed E-state index contributed by atoms with van der Waals surface area (Å²) in [5.74, 6) is 0.156. The van der Waals surface area contributed by atoms with Gasteiger partial charge in [0.15, 0.2) is 0 Å². The molecular formula is C21H26FN5O2. The van der Waals surface area contributed by atoms with Gasteiger partial charge in [0.1, 0.15) is 17.3 Å². The van der Waals surface area contributed by atoms with Crippen molar-refractivity contribution in [3.05, 3.63) is 53.4 Å². The Morgan fingerprint density at radius 2 is 1.86 bits per heavy atom. The summed E-state index contributed by atoms with van der Waals surface area (Å²) in [4.78, 5) is 33.5. The summed E-state index contributed by atoms with van der Waals surface area (Å²) in [5.41, 5.74) is 0.761. The van der Waals surface area contributed by atoms with E-state index in [1.165, 1.54) is 12.1 Å². The molecule has 2 aromatic rings. The second kappa shape index (κ2) is 8.73. The molecule has 0 radical (unpaired) electrons. The van der Waals surface area contributed by atoms with Crippen LogP contribution >= 0.6 is 0 Å². The van der Waals surface area contributed by atoms with E-state index in [2.05, 4.69) is 19.8 Å². The summed E-state index contributed by atoms with van der Waals surface area (Å²) in [7, 11) is 0. The Morgan fingerprint density at radius 3 is 2.66 bits per heavy atom. The highest BCUT2D eigenvalue weighted by Crippen LogP contribution is 2.18. The molecule has 0 saturated carbocycles. The third-order valence-electron chi connectivity index (χ3n) is 5.68. The first-order valence-corrected chi connectivity index (χ1v) is 10.2. The van der Waals surface area contributed by atoms with Gasteiger partial charge in [-0.25, -0.2) is 9.37 Å². The minimum Gasteiger partial charge on any atom is -0.351 e. The quantitative estimate of drug-likeness (QED) is 0.828. The fourth-order valence-electron chi connectivity index (χ4n) is 3.99. The van der Waals surface area contributed by atoms with Crippen LogP contribution in [0, 0.1) is 5.82 Å². The van der Waals surface area contributed by atoms with Gasteiger partial charge < -0.3 is 14.8 Å². The molecule has 1 aromatic heterocycles. The number of piperazine rings is 1. The molecule has 1 fully saturated rings. The highest BCUT2D eigenvalue weighted by molar-refractivity contribution is 5.94. The second-order valence-corrected chi connectivity index (χ2v) is 7.54. The maximum absolute atomic E-state index is 13.6. The highest BCUT2D eigenvalue weighted by Gasteiger charge is 2.26. The summed E-state index contributed by atoms with van der Waals surface area (Å²) < 4.78 is 15.7. The van der Waals surface area contributed by atoms with E-state index in [0.29, 0.717) is 31.9 Å².